The Morgan fingerprint density at radius 2 is 1.72 bits per heavy atom. The standard InChI is InChI=1S/C24H30N6O2/c1-6-20(23(32)25-24(3,4)5)30(19-10-8-7-9-11-19)21(31)16-29-27-22(26-28-29)18-14-12-17(2)13-15-18/h7-15,20H,6,16H2,1-5H3,(H,25,32). The molecule has 2 amide bonds. The fraction of sp³-hybridized carbons (Fsp3) is 0.375. The molecule has 1 unspecified atom stereocenters. The molecule has 0 fully saturated rings. The lowest BCUT2D eigenvalue weighted by atomic mass is 10.1. The van der Waals surface area contributed by atoms with Gasteiger partial charge in [-0.1, -0.05) is 55.0 Å². The first-order chi connectivity index (χ1) is 15.2. The van der Waals surface area contributed by atoms with Gasteiger partial charge in [-0.2, -0.15) is 4.80 Å². The highest BCUT2D eigenvalue weighted by Crippen LogP contribution is 2.21. The van der Waals surface area contributed by atoms with Crippen LogP contribution in [-0.2, 0) is 16.1 Å². The second kappa shape index (κ2) is 9.72. The van der Waals surface area contributed by atoms with Crippen molar-refractivity contribution in [3.63, 3.8) is 0 Å². The highest BCUT2D eigenvalue weighted by molar-refractivity contribution is 6.00. The molecular formula is C24H30N6O2. The van der Waals surface area contributed by atoms with Crippen LogP contribution in [0.3, 0.4) is 0 Å². The molecule has 0 spiro atoms. The molecule has 0 bridgehead atoms. The third-order valence-electron chi connectivity index (χ3n) is 4.84. The van der Waals surface area contributed by atoms with Crippen molar-refractivity contribution in [2.45, 2.75) is 59.2 Å². The number of aromatic nitrogens is 4. The molecule has 1 atom stereocenters. The fourth-order valence-electron chi connectivity index (χ4n) is 3.35. The molecule has 1 heterocycles. The van der Waals surface area contributed by atoms with Gasteiger partial charge in [0.2, 0.25) is 11.7 Å². The van der Waals surface area contributed by atoms with E-state index in [1.807, 2.05) is 89.2 Å². The van der Waals surface area contributed by atoms with Crippen LogP contribution in [0, 0.1) is 6.92 Å². The lowest BCUT2D eigenvalue weighted by Gasteiger charge is -2.32. The highest BCUT2D eigenvalue weighted by Gasteiger charge is 2.32. The summed E-state index contributed by atoms with van der Waals surface area (Å²) >= 11 is 0. The zero-order valence-corrected chi connectivity index (χ0v) is 19.2. The van der Waals surface area contributed by atoms with E-state index in [9.17, 15) is 9.59 Å². The second-order valence-corrected chi connectivity index (χ2v) is 8.77. The molecular weight excluding hydrogens is 404 g/mol. The molecule has 8 nitrogen and oxygen atoms in total. The smallest absolute Gasteiger partial charge is 0.251 e. The number of tetrazole rings is 1. The third-order valence-corrected chi connectivity index (χ3v) is 4.84. The Hall–Kier alpha value is -3.55. The molecule has 3 aromatic rings. The first kappa shape index (κ1) is 23.1. The van der Waals surface area contributed by atoms with E-state index in [0.717, 1.165) is 11.1 Å². The van der Waals surface area contributed by atoms with Gasteiger partial charge in [0, 0.05) is 16.8 Å². The summed E-state index contributed by atoms with van der Waals surface area (Å²) in [5.41, 5.74) is 2.19. The lowest BCUT2D eigenvalue weighted by molar-refractivity contribution is -0.128. The van der Waals surface area contributed by atoms with E-state index in [0.29, 0.717) is 17.9 Å². The predicted octanol–water partition coefficient (Wildman–Crippen LogP) is 3.38. The number of carbonyl (C=O) groups excluding carboxylic acids is 2. The molecule has 0 aliphatic heterocycles. The van der Waals surface area contributed by atoms with Crippen molar-refractivity contribution in [3.05, 3.63) is 60.2 Å². The number of nitrogens with zero attached hydrogens (tertiary/aromatic N) is 5. The van der Waals surface area contributed by atoms with E-state index in [1.54, 1.807) is 0 Å². The molecule has 2 aromatic carbocycles. The van der Waals surface area contributed by atoms with Crippen molar-refractivity contribution in [2.24, 2.45) is 0 Å². The van der Waals surface area contributed by atoms with Crippen LogP contribution in [0.5, 0.6) is 0 Å². The van der Waals surface area contributed by atoms with Crippen LogP contribution in [0.4, 0.5) is 5.69 Å². The summed E-state index contributed by atoms with van der Waals surface area (Å²) in [5, 5.41) is 15.5. The van der Waals surface area contributed by atoms with Crippen molar-refractivity contribution < 1.29 is 9.59 Å². The molecule has 168 valence electrons. The molecule has 0 saturated heterocycles. The summed E-state index contributed by atoms with van der Waals surface area (Å²) in [6.07, 6.45) is 0.460. The Bertz CT molecular complexity index is 1050. The van der Waals surface area contributed by atoms with Crippen molar-refractivity contribution in [1.82, 2.24) is 25.5 Å². The van der Waals surface area contributed by atoms with Crippen molar-refractivity contribution in [1.29, 1.82) is 0 Å². The van der Waals surface area contributed by atoms with Gasteiger partial charge >= 0.3 is 0 Å². The van der Waals surface area contributed by atoms with Crippen LogP contribution in [-0.4, -0.2) is 43.6 Å². The van der Waals surface area contributed by atoms with Crippen LogP contribution in [0.2, 0.25) is 0 Å². The maximum Gasteiger partial charge on any atom is 0.251 e. The van der Waals surface area contributed by atoms with Crippen LogP contribution in [0.15, 0.2) is 54.6 Å². The quantitative estimate of drug-likeness (QED) is 0.615. The van der Waals surface area contributed by atoms with Crippen molar-refractivity contribution in [2.75, 3.05) is 4.90 Å². The fourth-order valence-corrected chi connectivity index (χ4v) is 3.35. The van der Waals surface area contributed by atoms with Gasteiger partial charge in [-0.15, -0.1) is 10.2 Å². The maximum absolute atomic E-state index is 13.4. The van der Waals surface area contributed by atoms with Crippen LogP contribution in [0.25, 0.3) is 11.4 Å². The molecule has 32 heavy (non-hydrogen) atoms. The number of para-hydroxylation sites is 1. The first-order valence-electron chi connectivity index (χ1n) is 10.7. The van der Waals surface area contributed by atoms with Crippen molar-refractivity contribution >= 4 is 17.5 Å². The average Bonchev–Trinajstić information content (AvgIpc) is 3.20. The first-order valence-corrected chi connectivity index (χ1v) is 10.7. The Balaban J connectivity index is 1.86. The molecule has 1 N–H and O–H groups in total. The number of nitrogens with one attached hydrogen (secondary N) is 1. The molecule has 3 rings (SSSR count). The van der Waals surface area contributed by atoms with E-state index in [1.165, 1.54) is 9.70 Å². The average molecular weight is 435 g/mol. The van der Waals surface area contributed by atoms with E-state index in [4.69, 9.17) is 0 Å². The summed E-state index contributed by atoms with van der Waals surface area (Å²) in [6.45, 7) is 9.51. The predicted molar refractivity (Wildman–Crippen MR) is 124 cm³/mol. The molecule has 0 radical (unpaired) electrons. The van der Waals surface area contributed by atoms with Gasteiger partial charge in [0.15, 0.2) is 0 Å². The Morgan fingerprint density at radius 1 is 1.06 bits per heavy atom. The third kappa shape index (κ3) is 5.78. The van der Waals surface area contributed by atoms with Crippen LogP contribution in [0.1, 0.15) is 39.7 Å². The lowest BCUT2D eigenvalue weighted by Crippen LogP contribution is -2.54. The van der Waals surface area contributed by atoms with E-state index in [2.05, 4.69) is 20.7 Å². The molecule has 8 heteroatoms. The number of amides is 2. The van der Waals surface area contributed by atoms with E-state index >= 15 is 0 Å². The summed E-state index contributed by atoms with van der Waals surface area (Å²) in [7, 11) is 0. The number of hydrogen-bond donors (Lipinski definition) is 1. The Kier molecular flexibility index (Phi) is 7.02. The topological polar surface area (TPSA) is 93.0 Å². The van der Waals surface area contributed by atoms with Gasteiger partial charge in [-0.3, -0.25) is 14.5 Å². The monoisotopic (exact) mass is 434 g/mol. The normalized spacial score (nSPS) is 12.3. The minimum Gasteiger partial charge on any atom is -0.350 e. The number of anilines is 1. The van der Waals surface area contributed by atoms with Gasteiger partial charge in [0.05, 0.1) is 0 Å². The number of rotatable bonds is 7. The van der Waals surface area contributed by atoms with Gasteiger partial charge in [-0.05, 0) is 51.5 Å². The minimum absolute atomic E-state index is 0.132. The SMILES string of the molecule is CCC(C(=O)NC(C)(C)C)N(C(=O)Cn1nnc(-c2ccc(C)cc2)n1)c1ccccc1. The summed E-state index contributed by atoms with van der Waals surface area (Å²) < 4.78 is 0. The number of carbonyl (C=O) groups is 2. The zero-order chi connectivity index (χ0) is 23.3. The number of aryl methyl sites for hydroxylation is 1. The van der Waals surface area contributed by atoms with Crippen LogP contribution >= 0.6 is 0 Å². The summed E-state index contributed by atoms with van der Waals surface area (Å²) in [4.78, 5) is 29.2. The Morgan fingerprint density at radius 3 is 2.31 bits per heavy atom. The minimum atomic E-state index is -0.663. The van der Waals surface area contributed by atoms with Gasteiger partial charge in [0.1, 0.15) is 12.6 Å². The summed E-state index contributed by atoms with van der Waals surface area (Å²) in [6, 6.07) is 16.3. The highest BCUT2D eigenvalue weighted by atomic mass is 16.2. The number of hydrogen-bond acceptors (Lipinski definition) is 5. The van der Waals surface area contributed by atoms with Gasteiger partial charge in [-0.25, -0.2) is 0 Å². The molecule has 0 saturated carbocycles. The number of benzene rings is 2. The van der Waals surface area contributed by atoms with E-state index < -0.39 is 11.6 Å². The van der Waals surface area contributed by atoms with Gasteiger partial charge < -0.3 is 5.32 Å². The van der Waals surface area contributed by atoms with Crippen LogP contribution < -0.4 is 10.2 Å². The maximum atomic E-state index is 13.4. The largest absolute Gasteiger partial charge is 0.350 e. The van der Waals surface area contributed by atoms with E-state index in [-0.39, 0.29) is 18.4 Å². The Labute approximate surface area is 188 Å². The second-order valence-electron chi connectivity index (χ2n) is 8.77. The zero-order valence-electron chi connectivity index (χ0n) is 19.2. The van der Waals surface area contributed by atoms with Crippen molar-refractivity contribution in [3.8, 4) is 11.4 Å². The molecule has 1 aromatic heterocycles. The molecule has 0 aliphatic rings. The molecule has 0 aliphatic carbocycles. The summed E-state index contributed by atoms with van der Waals surface area (Å²) in [5.74, 6) is -0.0503. The van der Waals surface area contributed by atoms with Gasteiger partial charge in [0.25, 0.3) is 5.91 Å².